The van der Waals surface area contributed by atoms with Crippen LogP contribution < -0.4 is 10.2 Å². The Hall–Kier alpha value is -2.08. The molecule has 1 aromatic rings. The first-order valence-corrected chi connectivity index (χ1v) is 14.1. The number of rotatable bonds is 11. The van der Waals surface area contributed by atoms with Crippen molar-refractivity contribution in [3.63, 3.8) is 0 Å². The van der Waals surface area contributed by atoms with Crippen molar-refractivity contribution in [3.05, 3.63) is 23.8 Å². The van der Waals surface area contributed by atoms with Crippen LogP contribution in [0.15, 0.2) is 34.0 Å². The summed E-state index contributed by atoms with van der Waals surface area (Å²) in [4.78, 5) is 16.4. The monoisotopic (exact) mass is 535 g/mol. The first-order valence-electron chi connectivity index (χ1n) is 13.1. The van der Waals surface area contributed by atoms with Gasteiger partial charge in [0.2, 0.25) is 0 Å². The zero-order valence-electron chi connectivity index (χ0n) is 21.0. The third-order valence-corrected chi connectivity index (χ3v) is 8.36. The van der Waals surface area contributed by atoms with Crippen LogP contribution in [0, 0.1) is 11.8 Å². The number of aliphatic hydroxyl groups excluding tert-OH is 2. The van der Waals surface area contributed by atoms with Gasteiger partial charge >= 0.3 is 0 Å². The molecule has 202 valence electrons. The van der Waals surface area contributed by atoms with E-state index in [0.717, 1.165) is 30.6 Å². The fourth-order valence-electron chi connectivity index (χ4n) is 5.36. The van der Waals surface area contributed by atoms with Crippen molar-refractivity contribution in [3.8, 4) is 0 Å². The maximum absolute atomic E-state index is 13.9. The summed E-state index contributed by atoms with van der Waals surface area (Å²) < 4.78 is 32.9. The van der Waals surface area contributed by atoms with Crippen molar-refractivity contribution in [2.75, 3.05) is 42.3 Å². The van der Waals surface area contributed by atoms with E-state index in [2.05, 4.69) is 22.1 Å². The first kappa shape index (κ1) is 26.5. The molecule has 11 heteroatoms. The van der Waals surface area contributed by atoms with E-state index < -0.39 is 18.4 Å². The molecular formula is C26H35F2N5O3S. The number of nitrogens with zero attached hydrogens (tertiary/aromatic N) is 4. The molecule has 37 heavy (non-hydrogen) atoms. The van der Waals surface area contributed by atoms with Gasteiger partial charge < -0.3 is 25.2 Å². The minimum absolute atomic E-state index is 0.0142. The van der Waals surface area contributed by atoms with E-state index in [1.54, 1.807) is 17.8 Å². The van der Waals surface area contributed by atoms with Crippen molar-refractivity contribution >= 4 is 35.3 Å². The van der Waals surface area contributed by atoms with Gasteiger partial charge in [0.25, 0.3) is 0 Å². The number of aliphatic hydroxyl groups is 2. The van der Waals surface area contributed by atoms with Gasteiger partial charge in [-0.2, -0.15) is 0 Å². The minimum Gasteiger partial charge on any atom is -0.394 e. The zero-order valence-corrected chi connectivity index (χ0v) is 21.8. The molecule has 0 amide bonds. The lowest BCUT2D eigenvalue weighted by Gasteiger charge is -2.34. The number of nitrogens with one attached hydrogen (secondary N) is 1. The zero-order chi connectivity index (χ0) is 25.9. The number of allylic oxidation sites excluding steroid dienone is 3. The number of aromatic nitrogens is 2. The quantitative estimate of drug-likeness (QED) is 0.224. The fourth-order valence-corrected chi connectivity index (χ4v) is 6.06. The standard InChI is InChI=1S/C26H35F2N5O3S/c1-2-9-37-26-31-24(30-20-13-17(20)16-3-4-18(27)19(28)12-16)23-25(32-26)33(6-5-29-23)21-10-15(11-22(21)35)14-36-8-7-34/h3-5,12,15,17-22,34-35H,2,6-11,13-14H2,1H3,(H,30,31,32)/t15-,17-,18?,19?,20+,21+,22+/m0/s1. The second-order valence-electron chi connectivity index (χ2n) is 10.1. The Labute approximate surface area is 220 Å². The van der Waals surface area contributed by atoms with Crippen LogP contribution in [0.25, 0.3) is 0 Å². The molecule has 3 aliphatic carbocycles. The Balaban J connectivity index is 1.36. The number of hydrogen-bond donors (Lipinski definition) is 3. The van der Waals surface area contributed by atoms with E-state index in [0.29, 0.717) is 48.7 Å². The molecule has 2 heterocycles. The summed E-state index contributed by atoms with van der Waals surface area (Å²) in [5, 5.41) is 24.1. The summed E-state index contributed by atoms with van der Waals surface area (Å²) in [7, 11) is 0. The van der Waals surface area contributed by atoms with E-state index in [-0.39, 0.29) is 30.5 Å². The molecule has 3 N–H and O–H groups in total. The van der Waals surface area contributed by atoms with Crippen LogP contribution in [0.5, 0.6) is 0 Å². The molecule has 7 atom stereocenters. The second-order valence-corrected chi connectivity index (χ2v) is 11.2. The molecule has 2 saturated carbocycles. The maximum Gasteiger partial charge on any atom is 0.191 e. The number of anilines is 2. The molecule has 0 aromatic carbocycles. The molecular weight excluding hydrogens is 500 g/mol. The average Bonchev–Trinajstić information content (AvgIpc) is 3.56. The van der Waals surface area contributed by atoms with Crippen molar-refractivity contribution in [2.45, 2.75) is 68.3 Å². The Morgan fingerprint density at radius 3 is 2.86 bits per heavy atom. The van der Waals surface area contributed by atoms with Crippen LogP contribution in [-0.2, 0) is 4.74 Å². The van der Waals surface area contributed by atoms with Crippen molar-refractivity contribution in [1.29, 1.82) is 0 Å². The van der Waals surface area contributed by atoms with Crippen molar-refractivity contribution < 1.29 is 23.7 Å². The molecule has 0 bridgehead atoms. The number of fused-ring (bicyclic) bond motifs is 1. The van der Waals surface area contributed by atoms with Crippen LogP contribution in [0.2, 0.25) is 0 Å². The van der Waals surface area contributed by atoms with Gasteiger partial charge in [-0.1, -0.05) is 24.8 Å². The number of hydrogen-bond acceptors (Lipinski definition) is 9. The van der Waals surface area contributed by atoms with Crippen LogP contribution in [0.1, 0.15) is 32.6 Å². The van der Waals surface area contributed by atoms with Gasteiger partial charge in [-0.05, 0) is 49.3 Å². The smallest absolute Gasteiger partial charge is 0.191 e. The van der Waals surface area contributed by atoms with Gasteiger partial charge in [-0.15, -0.1) is 0 Å². The van der Waals surface area contributed by atoms with E-state index >= 15 is 0 Å². The van der Waals surface area contributed by atoms with E-state index in [9.17, 15) is 13.9 Å². The molecule has 2 fully saturated rings. The highest BCUT2D eigenvalue weighted by Gasteiger charge is 2.43. The Bertz CT molecular complexity index is 1060. The summed E-state index contributed by atoms with van der Waals surface area (Å²) in [6.07, 6.45) is 5.67. The van der Waals surface area contributed by atoms with Crippen LogP contribution in [-0.4, -0.2) is 89.0 Å². The van der Waals surface area contributed by atoms with Gasteiger partial charge in [0.05, 0.1) is 31.9 Å². The van der Waals surface area contributed by atoms with Crippen LogP contribution in [0.4, 0.5) is 26.1 Å². The molecule has 5 rings (SSSR count). The molecule has 0 radical (unpaired) electrons. The fraction of sp³-hybridized carbons (Fsp3) is 0.654. The van der Waals surface area contributed by atoms with Crippen LogP contribution >= 0.6 is 11.8 Å². The number of alkyl halides is 2. The number of ether oxygens (including phenoxy) is 1. The predicted octanol–water partition coefficient (Wildman–Crippen LogP) is 3.62. The molecule has 1 aliphatic heterocycles. The Kier molecular flexibility index (Phi) is 8.43. The third kappa shape index (κ3) is 6.00. The van der Waals surface area contributed by atoms with E-state index in [1.807, 2.05) is 6.21 Å². The van der Waals surface area contributed by atoms with Gasteiger partial charge in [-0.25, -0.2) is 18.7 Å². The predicted molar refractivity (Wildman–Crippen MR) is 142 cm³/mol. The maximum atomic E-state index is 13.9. The normalized spacial score (nSPS) is 32.4. The van der Waals surface area contributed by atoms with Gasteiger partial charge in [0.15, 0.2) is 29.1 Å². The summed E-state index contributed by atoms with van der Waals surface area (Å²) in [6.45, 7) is 3.44. The summed E-state index contributed by atoms with van der Waals surface area (Å²) >= 11 is 1.58. The highest BCUT2D eigenvalue weighted by atomic mass is 32.2. The van der Waals surface area contributed by atoms with E-state index in [1.165, 1.54) is 12.2 Å². The summed E-state index contributed by atoms with van der Waals surface area (Å²) in [5.74, 6) is 2.52. The third-order valence-electron chi connectivity index (χ3n) is 7.30. The SMILES string of the molecule is CCCSc1nc(N[C@@H]2C[C@H]2C2=CC(F)C(F)C=C2)c2c(n1)N([C@@H]1C[C@H](COCCO)C[C@H]1O)CC=N2. The summed E-state index contributed by atoms with van der Waals surface area (Å²) in [5.41, 5.74) is 1.46. The number of aliphatic imine (C=N–C) groups is 1. The first-order chi connectivity index (χ1) is 18.0. The Morgan fingerprint density at radius 1 is 1.22 bits per heavy atom. The Morgan fingerprint density at radius 2 is 2.08 bits per heavy atom. The van der Waals surface area contributed by atoms with Gasteiger partial charge in [-0.3, -0.25) is 4.99 Å². The molecule has 2 unspecified atom stereocenters. The van der Waals surface area contributed by atoms with Gasteiger partial charge in [0.1, 0.15) is 5.69 Å². The minimum atomic E-state index is -1.60. The van der Waals surface area contributed by atoms with Crippen molar-refractivity contribution in [2.24, 2.45) is 16.8 Å². The van der Waals surface area contributed by atoms with Crippen LogP contribution in [0.3, 0.4) is 0 Å². The topological polar surface area (TPSA) is 103 Å². The molecule has 8 nitrogen and oxygen atoms in total. The summed E-state index contributed by atoms with van der Waals surface area (Å²) in [6, 6.07) is -0.0701. The molecule has 0 saturated heterocycles. The molecule has 4 aliphatic rings. The highest BCUT2D eigenvalue weighted by molar-refractivity contribution is 7.99. The largest absolute Gasteiger partial charge is 0.394 e. The number of thioether (sulfide) groups is 1. The van der Waals surface area contributed by atoms with E-state index in [4.69, 9.17) is 19.8 Å². The lowest BCUT2D eigenvalue weighted by Crippen LogP contribution is -2.43. The lowest BCUT2D eigenvalue weighted by molar-refractivity contribution is 0.0649. The molecule has 0 spiro atoms. The second kappa shape index (κ2) is 11.8. The highest BCUT2D eigenvalue weighted by Crippen LogP contribution is 2.46. The molecule has 1 aromatic heterocycles. The average molecular weight is 536 g/mol. The lowest BCUT2D eigenvalue weighted by atomic mass is 10.0. The van der Waals surface area contributed by atoms with Crippen molar-refractivity contribution in [1.82, 2.24) is 9.97 Å². The number of halogens is 2. The van der Waals surface area contributed by atoms with Gasteiger partial charge in [0, 0.05) is 30.5 Å².